The molecule has 1 aromatic carbocycles. The van der Waals surface area contributed by atoms with Crippen molar-refractivity contribution in [3.8, 4) is 11.8 Å². The minimum atomic E-state index is 0.205. The third kappa shape index (κ3) is 4.74. The van der Waals surface area contributed by atoms with Gasteiger partial charge in [0.1, 0.15) is 5.78 Å². The molecule has 0 heterocycles. The van der Waals surface area contributed by atoms with Crippen LogP contribution in [0.15, 0.2) is 30.3 Å². The Labute approximate surface area is 88.9 Å². The lowest BCUT2D eigenvalue weighted by Gasteiger charge is -1.89. The molecule has 0 fully saturated rings. The Morgan fingerprint density at radius 3 is 2.71 bits per heavy atom. The van der Waals surface area contributed by atoms with E-state index in [0.29, 0.717) is 11.5 Å². The second-order valence-corrected chi connectivity index (χ2v) is 3.85. The third-order valence-corrected chi connectivity index (χ3v) is 2.45. The molecule has 1 rings (SSSR count). The molecule has 0 aliphatic carbocycles. The Kier molecular flexibility index (Phi) is 4.88. The number of benzene rings is 1. The molecule has 2 heteroatoms. The van der Waals surface area contributed by atoms with Crippen molar-refractivity contribution in [1.82, 2.24) is 0 Å². The minimum absolute atomic E-state index is 0.205. The fraction of sp³-hybridized carbons (Fsp3) is 0.250. The fourth-order valence-electron chi connectivity index (χ4n) is 0.905. The van der Waals surface area contributed by atoms with Gasteiger partial charge in [-0.25, -0.2) is 0 Å². The summed E-state index contributed by atoms with van der Waals surface area (Å²) in [5, 5.41) is 0. The average molecular weight is 204 g/mol. The molecule has 0 N–H and O–H groups in total. The zero-order valence-corrected chi connectivity index (χ0v) is 8.93. The Balaban J connectivity index is 2.31. The summed E-state index contributed by atoms with van der Waals surface area (Å²) >= 11 is 1.56. The van der Waals surface area contributed by atoms with E-state index < -0.39 is 0 Å². The van der Waals surface area contributed by atoms with E-state index in [9.17, 15) is 4.79 Å². The highest BCUT2D eigenvalue weighted by Gasteiger charge is 1.90. The van der Waals surface area contributed by atoms with Gasteiger partial charge in [0.15, 0.2) is 0 Å². The van der Waals surface area contributed by atoms with Gasteiger partial charge in [0, 0.05) is 5.56 Å². The van der Waals surface area contributed by atoms with Crippen LogP contribution in [0.2, 0.25) is 0 Å². The number of carbonyl (C=O) groups is 1. The smallest absolute Gasteiger partial charge is 0.139 e. The van der Waals surface area contributed by atoms with Gasteiger partial charge >= 0.3 is 0 Å². The average Bonchev–Trinajstić information content (AvgIpc) is 2.18. The highest BCUT2D eigenvalue weighted by Crippen LogP contribution is 1.99. The van der Waals surface area contributed by atoms with Crippen molar-refractivity contribution in [1.29, 1.82) is 0 Å². The van der Waals surface area contributed by atoms with Gasteiger partial charge in [0.05, 0.1) is 11.5 Å². The van der Waals surface area contributed by atoms with E-state index in [0.717, 1.165) is 5.56 Å². The van der Waals surface area contributed by atoms with Gasteiger partial charge in [0.25, 0.3) is 0 Å². The molecule has 0 bridgehead atoms. The van der Waals surface area contributed by atoms with Crippen LogP contribution in [0.4, 0.5) is 0 Å². The van der Waals surface area contributed by atoms with Crippen molar-refractivity contribution < 1.29 is 4.79 Å². The van der Waals surface area contributed by atoms with E-state index in [1.54, 1.807) is 18.7 Å². The first-order chi connectivity index (χ1) is 6.79. The van der Waals surface area contributed by atoms with Gasteiger partial charge in [0.2, 0.25) is 0 Å². The lowest BCUT2D eigenvalue weighted by molar-refractivity contribution is -0.114. The molecule has 0 unspecified atom stereocenters. The second-order valence-electron chi connectivity index (χ2n) is 2.86. The summed E-state index contributed by atoms with van der Waals surface area (Å²) in [6, 6.07) is 9.85. The molecular formula is C12H12OS. The molecule has 0 amide bonds. The number of carbonyl (C=O) groups excluding carboxylic acids is 1. The molecule has 72 valence electrons. The molecule has 0 saturated carbocycles. The summed E-state index contributed by atoms with van der Waals surface area (Å²) in [5.74, 6) is 7.53. The maximum Gasteiger partial charge on any atom is 0.139 e. The van der Waals surface area contributed by atoms with Crippen LogP contribution in [0, 0.1) is 11.8 Å². The van der Waals surface area contributed by atoms with Gasteiger partial charge in [-0.1, -0.05) is 30.0 Å². The predicted molar refractivity (Wildman–Crippen MR) is 61.3 cm³/mol. The monoisotopic (exact) mass is 204 g/mol. The molecule has 1 nitrogen and oxygen atoms in total. The normalized spacial score (nSPS) is 8.93. The number of rotatable bonds is 3. The van der Waals surface area contributed by atoms with Gasteiger partial charge in [-0.2, -0.15) is 0 Å². The number of Topliss-reactive ketones (excluding diaryl/α,β-unsaturated/α-hetero) is 1. The number of hydrogen-bond donors (Lipinski definition) is 0. The quantitative estimate of drug-likeness (QED) is 0.555. The fourth-order valence-corrected chi connectivity index (χ4v) is 1.47. The van der Waals surface area contributed by atoms with E-state index in [-0.39, 0.29) is 5.78 Å². The van der Waals surface area contributed by atoms with E-state index in [4.69, 9.17) is 0 Å². The molecular weight excluding hydrogens is 192 g/mol. The zero-order chi connectivity index (χ0) is 10.2. The van der Waals surface area contributed by atoms with Crippen LogP contribution in [0.5, 0.6) is 0 Å². The van der Waals surface area contributed by atoms with Crippen LogP contribution >= 0.6 is 11.8 Å². The number of thioether (sulfide) groups is 1. The van der Waals surface area contributed by atoms with Crippen molar-refractivity contribution in [2.75, 3.05) is 11.5 Å². The highest BCUT2D eigenvalue weighted by atomic mass is 32.2. The van der Waals surface area contributed by atoms with E-state index in [1.165, 1.54) is 0 Å². The molecule has 0 aliphatic rings. The Morgan fingerprint density at radius 2 is 2.07 bits per heavy atom. The standard InChI is InChI=1S/C12H12OS/c1-11(13)10-14-9-5-8-12-6-3-2-4-7-12/h2-4,6-7H,9-10H2,1H3. The van der Waals surface area contributed by atoms with Crippen molar-refractivity contribution in [3.63, 3.8) is 0 Å². The second kappa shape index (κ2) is 6.28. The van der Waals surface area contributed by atoms with Crippen molar-refractivity contribution in [2.45, 2.75) is 6.92 Å². The minimum Gasteiger partial charge on any atom is -0.299 e. The van der Waals surface area contributed by atoms with Gasteiger partial charge in [-0.15, -0.1) is 11.8 Å². The number of ketones is 1. The summed E-state index contributed by atoms with van der Waals surface area (Å²) in [5.41, 5.74) is 1.02. The first kappa shape index (κ1) is 10.9. The van der Waals surface area contributed by atoms with Gasteiger partial charge in [-0.3, -0.25) is 4.79 Å². The summed E-state index contributed by atoms with van der Waals surface area (Å²) in [4.78, 5) is 10.6. The first-order valence-corrected chi connectivity index (χ1v) is 5.55. The van der Waals surface area contributed by atoms with Crippen LogP contribution in [-0.2, 0) is 4.79 Å². The lowest BCUT2D eigenvalue weighted by atomic mass is 10.2. The highest BCUT2D eigenvalue weighted by molar-refractivity contribution is 8.00. The Bertz CT molecular complexity index is 346. The van der Waals surface area contributed by atoms with Gasteiger partial charge in [-0.05, 0) is 19.1 Å². The summed E-state index contributed by atoms with van der Waals surface area (Å²) in [7, 11) is 0. The molecule has 0 radical (unpaired) electrons. The van der Waals surface area contributed by atoms with Crippen LogP contribution < -0.4 is 0 Å². The predicted octanol–water partition coefficient (Wildman–Crippen LogP) is 2.36. The molecule has 14 heavy (non-hydrogen) atoms. The molecule has 0 aromatic heterocycles. The van der Waals surface area contributed by atoms with Crippen molar-refractivity contribution >= 4 is 17.5 Å². The maximum absolute atomic E-state index is 10.6. The molecule has 0 saturated heterocycles. The maximum atomic E-state index is 10.6. The zero-order valence-electron chi connectivity index (χ0n) is 8.12. The summed E-state index contributed by atoms with van der Waals surface area (Å²) in [6.07, 6.45) is 0. The SMILES string of the molecule is CC(=O)CSCC#Cc1ccccc1. The number of hydrogen-bond acceptors (Lipinski definition) is 2. The summed E-state index contributed by atoms with van der Waals surface area (Å²) < 4.78 is 0. The van der Waals surface area contributed by atoms with Crippen LogP contribution in [0.1, 0.15) is 12.5 Å². The van der Waals surface area contributed by atoms with E-state index >= 15 is 0 Å². The summed E-state index contributed by atoms with van der Waals surface area (Å²) in [6.45, 7) is 1.59. The van der Waals surface area contributed by atoms with Crippen molar-refractivity contribution in [3.05, 3.63) is 35.9 Å². The topological polar surface area (TPSA) is 17.1 Å². The van der Waals surface area contributed by atoms with Gasteiger partial charge < -0.3 is 0 Å². The van der Waals surface area contributed by atoms with Crippen LogP contribution in [0.3, 0.4) is 0 Å². The van der Waals surface area contributed by atoms with E-state index in [1.807, 2.05) is 30.3 Å². The third-order valence-electron chi connectivity index (χ3n) is 1.49. The Hall–Kier alpha value is -1.20. The Morgan fingerprint density at radius 1 is 1.36 bits per heavy atom. The van der Waals surface area contributed by atoms with Crippen molar-refractivity contribution in [2.24, 2.45) is 0 Å². The van der Waals surface area contributed by atoms with Crippen LogP contribution in [-0.4, -0.2) is 17.3 Å². The lowest BCUT2D eigenvalue weighted by Crippen LogP contribution is -1.93. The molecule has 1 aromatic rings. The first-order valence-electron chi connectivity index (χ1n) is 4.40. The molecule has 0 spiro atoms. The molecule has 0 atom stereocenters. The largest absolute Gasteiger partial charge is 0.299 e. The van der Waals surface area contributed by atoms with Crippen LogP contribution in [0.25, 0.3) is 0 Å². The molecule has 0 aliphatic heterocycles. The van der Waals surface area contributed by atoms with E-state index in [2.05, 4.69) is 11.8 Å².